The second-order valence-electron chi connectivity index (χ2n) is 6.86. The number of nitrogens with one attached hydrogen (secondary N) is 2. The Morgan fingerprint density at radius 2 is 1.67 bits per heavy atom. The monoisotopic (exact) mass is 409 g/mol. The topological polar surface area (TPSA) is 53.5 Å². The Hall–Kier alpha value is -3.45. The molecule has 30 heavy (non-hydrogen) atoms. The fourth-order valence-electron chi connectivity index (χ4n) is 3.29. The molecule has 0 saturated carbocycles. The molecule has 3 aromatic carbocycles. The minimum Gasteiger partial charge on any atom is -0.322 e. The number of hydrogen-bond donors (Lipinski definition) is 2. The summed E-state index contributed by atoms with van der Waals surface area (Å²) in [5.74, 6) is -0.375. The zero-order valence-electron chi connectivity index (χ0n) is 15.8. The van der Waals surface area contributed by atoms with Gasteiger partial charge < -0.3 is 5.32 Å². The van der Waals surface area contributed by atoms with E-state index in [0.29, 0.717) is 17.0 Å². The van der Waals surface area contributed by atoms with Gasteiger partial charge >= 0.3 is 6.18 Å². The van der Waals surface area contributed by atoms with Gasteiger partial charge in [-0.3, -0.25) is 15.1 Å². The number of hydrogen-bond acceptors (Lipinski definition) is 3. The molecule has 1 atom stereocenters. The van der Waals surface area contributed by atoms with Crippen LogP contribution in [0.1, 0.15) is 22.3 Å². The SMILES string of the molecule is O=C1Nc2ccccc2C(c2ccccc2)=NC1NCc1cccc(C(F)(F)F)c1. The van der Waals surface area contributed by atoms with Crippen LogP contribution < -0.4 is 10.6 Å². The molecule has 1 aliphatic rings. The molecular formula is C23H18F3N3O. The van der Waals surface area contributed by atoms with Crippen LogP contribution in [0.25, 0.3) is 0 Å². The summed E-state index contributed by atoms with van der Waals surface area (Å²) < 4.78 is 38.9. The average Bonchev–Trinajstić information content (AvgIpc) is 2.88. The maximum atomic E-state index is 13.0. The maximum absolute atomic E-state index is 13.0. The maximum Gasteiger partial charge on any atom is 0.416 e. The molecule has 1 amide bonds. The highest BCUT2D eigenvalue weighted by Gasteiger charge is 2.30. The first kappa shape index (κ1) is 19.8. The van der Waals surface area contributed by atoms with Crippen molar-refractivity contribution in [1.82, 2.24) is 5.32 Å². The number of anilines is 1. The molecule has 0 spiro atoms. The van der Waals surface area contributed by atoms with Crippen LogP contribution in [-0.2, 0) is 17.5 Å². The van der Waals surface area contributed by atoms with E-state index in [2.05, 4.69) is 15.6 Å². The highest BCUT2D eigenvalue weighted by atomic mass is 19.4. The van der Waals surface area contributed by atoms with Gasteiger partial charge in [-0.2, -0.15) is 13.2 Å². The van der Waals surface area contributed by atoms with E-state index in [-0.39, 0.29) is 12.5 Å². The van der Waals surface area contributed by atoms with Crippen LogP contribution in [0, 0.1) is 0 Å². The molecule has 1 unspecified atom stereocenters. The number of aliphatic imine (C=N–C) groups is 1. The van der Waals surface area contributed by atoms with E-state index in [9.17, 15) is 18.0 Å². The Morgan fingerprint density at radius 1 is 0.933 bits per heavy atom. The van der Waals surface area contributed by atoms with Crippen LogP contribution in [0.15, 0.2) is 83.9 Å². The number of rotatable bonds is 4. The smallest absolute Gasteiger partial charge is 0.322 e. The molecule has 7 heteroatoms. The number of benzene rings is 3. The molecule has 0 saturated heterocycles. The Labute approximate surface area is 171 Å². The molecule has 1 aliphatic heterocycles. The van der Waals surface area contributed by atoms with Gasteiger partial charge in [0.25, 0.3) is 5.91 Å². The van der Waals surface area contributed by atoms with Gasteiger partial charge in [0.15, 0.2) is 6.17 Å². The first-order valence-corrected chi connectivity index (χ1v) is 9.35. The van der Waals surface area contributed by atoms with E-state index in [1.165, 1.54) is 6.07 Å². The van der Waals surface area contributed by atoms with Crippen molar-refractivity contribution in [1.29, 1.82) is 0 Å². The lowest BCUT2D eigenvalue weighted by atomic mass is 10.0. The van der Waals surface area contributed by atoms with E-state index in [4.69, 9.17) is 0 Å². The number of para-hydroxylation sites is 1. The zero-order chi connectivity index (χ0) is 21.1. The first-order valence-electron chi connectivity index (χ1n) is 9.35. The summed E-state index contributed by atoms with van der Waals surface area (Å²) in [7, 11) is 0. The number of amides is 1. The summed E-state index contributed by atoms with van der Waals surface area (Å²) in [6.07, 6.45) is -5.38. The van der Waals surface area contributed by atoms with E-state index < -0.39 is 17.9 Å². The largest absolute Gasteiger partial charge is 0.416 e. The molecule has 4 nitrogen and oxygen atoms in total. The number of carbonyl (C=O) groups is 1. The van der Waals surface area contributed by atoms with Gasteiger partial charge in [0.05, 0.1) is 17.0 Å². The molecule has 4 rings (SSSR count). The second kappa shape index (κ2) is 8.12. The van der Waals surface area contributed by atoms with Gasteiger partial charge in [0, 0.05) is 17.7 Å². The minimum atomic E-state index is -4.42. The highest BCUT2D eigenvalue weighted by Crippen LogP contribution is 2.29. The van der Waals surface area contributed by atoms with Gasteiger partial charge in [-0.25, -0.2) is 0 Å². The zero-order valence-corrected chi connectivity index (χ0v) is 15.8. The molecule has 1 heterocycles. The van der Waals surface area contributed by atoms with Crippen molar-refractivity contribution in [3.63, 3.8) is 0 Å². The van der Waals surface area contributed by atoms with Crippen LogP contribution >= 0.6 is 0 Å². The van der Waals surface area contributed by atoms with Gasteiger partial charge in [-0.1, -0.05) is 66.7 Å². The van der Waals surface area contributed by atoms with Crippen LogP contribution in [0.4, 0.5) is 18.9 Å². The van der Waals surface area contributed by atoms with E-state index in [1.807, 2.05) is 48.5 Å². The number of halogens is 3. The molecule has 0 bridgehead atoms. The van der Waals surface area contributed by atoms with Crippen LogP contribution in [0.2, 0.25) is 0 Å². The van der Waals surface area contributed by atoms with Gasteiger partial charge in [0.1, 0.15) is 0 Å². The van der Waals surface area contributed by atoms with Gasteiger partial charge in [0.2, 0.25) is 0 Å². The number of benzodiazepines with no additional fused rings is 1. The average molecular weight is 409 g/mol. The molecule has 152 valence electrons. The Balaban J connectivity index is 1.64. The summed E-state index contributed by atoms with van der Waals surface area (Å²) in [5, 5.41) is 5.82. The van der Waals surface area contributed by atoms with Crippen molar-refractivity contribution < 1.29 is 18.0 Å². The van der Waals surface area contributed by atoms with Crippen LogP contribution in [0.5, 0.6) is 0 Å². The summed E-state index contributed by atoms with van der Waals surface area (Å²) in [6, 6.07) is 21.8. The molecule has 0 fully saturated rings. The predicted molar refractivity (Wildman–Crippen MR) is 109 cm³/mol. The van der Waals surface area contributed by atoms with Crippen molar-refractivity contribution in [3.05, 3.63) is 101 Å². The van der Waals surface area contributed by atoms with E-state index in [0.717, 1.165) is 23.3 Å². The highest BCUT2D eigenvalue weighted by molar-refractivity contribution is 6.19. The second-order valence-corrected chi connectivity index (χ2v) is 6.86. The van der Waals surface area contributed by atoms with Gasteiger partial charge in [-0.15, -0.1) is 0 Å². The standard InChI is InChI=1S/C23H18F3N3O/c24-23(25,26)17-10-6-7-15(13-17)14-27-21-22(30)28-19-12-5-4-11-18(19)20(29-21)16-8-2-1-3-9-16/h1-13,21,27H,14H2,(H,28,30). The molecule has 0 aliphatic carbocycles. The lowest BCUT2D eigenvalue weighted by Gasteiger charge is -2.14. The van der Waals surface area contributed by atoms with Crippen molar-refractivity contribution in [3.8, 4) is 0 Å². The normalized spacial score (nSPS) is 16.3. The minimum absolute atomic E-state index is 0.0594. The third-order valence-corrected chi connectivity index (χ3v) is 4.75. The lowest BCUT2D eigenvalue weighted by Crippen LogP contribution is -2.38. The van der Waals surface area contributed by atoms with Crippen molar-refractivity contribution in [2.45, 2.75) is 18.9 Å². The Morgan fingerprint density at radius 3 is 2.43 bits per heavy atom. The summed E-state index contributed by atoms with van der Waals surface area (Å²) in [5.41, 5.74) is 2.57. The predicted octanol–water partition coefficient (Wildman–Crippen LogP) is 4.61. The third-order valence-electron chi connectivity index (χ3n) is 4.75. The van der Waals surface area contributed by atoms with Crippen molar-refractivity contribution in [2.24, 2.45) is 4.99 Å². The fourth-order valence-corrected chi connectivity index (χ4v) is 3.29. The molecule has 3 aromatic rings. The number of alkyl halides is 3. The number of fused-ring (bicyclic) bond motifs is 1. The molecule has 0 aromatic heterocycles. The summed E-state index contributed by atoms with van der Waals surface area (Å²) in [6.45, 7) is 0.0594. The summed E-state index contributed by atoms with van der Waals surface area (Å²) >= 11 is 0. The van der Waals surface area contributed by atoms with Crippen LogP contribution in [-0.4, -0.2) is 17.8 Å². The van der Waals surface area contributed by atoms with Crippen molar-refractivity contribution in [2.75, 3.05) is 5.32 Å². The first-order chi connectivity index (χ1) is 14.4. The number of carbonyl (C=O) groups excluding carboxylic acids is 1. The Bertz CT molecular complexity index is 1090. The lowest BCUT2D eigenvalue weighted by molar-refractivity contribution is -0.137. The third kappa shape index (κ3) is 4.26. The fraction of sp³-hybridized carbons (Fsp3) is 0.130. The molecular weight excluding hydrogens is 391 g/mol. The summed E-state index contributed by atoms with van der Waals surface area (Å²) in [4.78, 5) is 17.4. The van der Waals surface area contributed by atoms with Crippen molar-refractivity contribution >= 4 is 17.3 Å². The molecule has 0 radical (unpaired) electrons. The van der Waals surface area contributed by atoms with Crippen LogP contribution in [0.3, 0.4) is 0 Å². The molecule has 2 N–H and O–H groups in total. The number of nitrogens with zero attached hydrogens (tertiary/aromatic N) is 1. The van der Waals surface area contributed by atoms with E-state index in [1.54, 1.807) is 12.1 Å². The Kier molecular flexibility index (Phi) is 5.37. The van der Waals surface area contributed by atoms with Gasteiger partial charge in [-0.05, 0) is 17.7 Å². The quantitative estimate of drug-likeness (QED) is 0.661. The van der Waals surface area contributed by atoms with E-state index >= 15 is 0 Å².